The van der Waals surface area contributed by atoms with Gasteiger partial charge >= 0.3 is 12.1 Å². The first-order valence-electron chi connectivity index (χ1n) is 7.55. The Bertz CT molecular complexity index is 647. The SMILES string of the molecule is Cc1cnc(N2CCN(C(=O)OC(C)(C)C)C[C@@H]2C(=O)O)nc1Cl. The topological polar surface area (TPSA) is 95.9 Å². The number of ether oxygens (including phenoxy) is 1. The Balaban J connectivity index is 2.18. The van der Waals surface area contributed by atoms with E-state index in [1.807, 2.05) is 0 Å². The van der Waals surface area contributed by atoms with Gasteiger partial charge in [-0.05, 0) is 27.7 Å². The lowest BCUT2D eigenvalue weighted by Crippen LogP contribution is -2.59. The smallest absolute Gasteiger partial charge is 0.410 e. The molecule has 0 spiro atoms. The Morgan fingerprint density at radius 2 is 2.04 bits per heavy atom. The van der Waals surface area contributed by atoms with Gasteiger partial charge < -0.3 is 19.6 Å². The fourth-order valence-electron chi connectivity index (χ4n) is 2.28. The van der Waals surface area contributed by atoms with E-state index in [0.29, 0.717) is 12.1 Å². The number of nitrogens with zero attached hydrogens (tertiary/aromatic N) is 4. The van der Waals surface area contributed by atoms with Crippen LogP contribution >= 0.6 is 11.6 Å². The van der Waals surface area contributed by atoms with Crippen molar-refractivity contribution in [1.82, 2.24) is 14.9 Å². The highest BCUT2D eigenvalue weighted by atomic mass is 35.5. The lowest BCUT2D eigenvalue weighted by molar-refractivity contribution is -0.139. The van der Waals surface area contributed by atoms with Crippen molar-refractivity contribution < 1.29 is 19.4 Å². The van der Waals surface area contributed by atoms with Gasteiger partial charge in [0.25, 0.3) is 0 Å². The van der Waals surface area contributed by atoms with Gasteiger partial charge in [-0.3, -0.25) is 0 Å². The van der Waals surface area contributed by atoms with Gasteiger partial charge in [-0.25, -0.2) is 19.6 Å². The number of aromatic nitrogens is 2. The Morgan fingerprint density at radius 1 is 1.38 bits per heavy atom. The summed E-state index contributed by atoms with van der Waals surface area (Å²) >= 11 is 6.00. The van der Waals surface area contributed by atoms with Gasteiger partial charge in [0.05, 0.1) is 6.54 Å². The van der Waals surface area contributed by atoms with Gasteiger partial charge in [0.15, 0.2) is 0 Å². The zero-order valence-electron chi connectivity index (χ0n) is 14.1. The van der Waals surface area contributed by atoms with E-state index in [9.17, 15) is 14.7 Å². The molecule has 0 aliphatic carbocycles. The van der Waals surface area contributed by atoms with E-state index in [2.05, 4.69) is 9.97 Å². The predicted octanol–water partition coefficient (Wildman–Crippen LogP) is 1.95. The van der Waals surface area contributed by atoms with Crippen LogP contribution in [-0.2, 0) is 9.53 Å². The lowest BCUT2D eigenvalue weighted by atomic mass is 10.1. The normalized spacial score (nSPS) is 18.5. The highest BCUT2D eigenvalue weighted by molar-refractivity contribution is 6.30. The van der Waals surface area contributed by atoms with Crippen LogP contribution in [0.3, 0.4) is 0 Å². The molecule has 1 amide bonds. The molecule has 24 heavy (non-hydrogen) atoms. The summed E-state index contributed by atoms with van der Waals surface area (Å²) in [7, 11) is 0. The average molecular weight is 357 g/mol. The molecule has 8 nitrogen and oxygen atoms in total. The van der Waals surface area contributed by atoms with Crippen molar-refractivity contribution in [3.63, 3.8) is 0 Å². The number of hydrogen-bond acceptors (Lipinski definition) is 6. The third-order valence-corrected chi connectivity index (χ3v) is 3.85. The quantitative estimate of drug-likeness (QED) is 0.809. The molecule has 1 N–H and O–H groups in total. The molecule has 0 unspecified atom stereocenters. The summed E-state index contributed by atoms with van der Waals surface area (Å²) in [6.07, 6.45) is 1.01. The second-order valence-electron chi connectivity index (χ2n) is 6.62. The number of aliphatic carboxylic acids is 1. The maximum absolute atomic E-state index is 12.2. The number of carbonyl (C=O) groups is 2. The summed E-state index contributed by atoms with van der Waals surface area (Å²) < 4.78 is 5.30. The summed E-state index contributed by atoms with van der Waals surface area (Å²) in [5.74, 6) is -0.828. The summed E-state index contributed by atoms with van der Waals surface area (Å²) in [4.78, 5) is 35.0. The molecule has 1 saturated heterocycles. The third-order valence-electron chi connectivity index (χ3n) is 3.47. The van der Waals surface area contributed by atoms with Crippen molar-refractivity contribution in [2.24, 2.45) is 0 Å². The minimum Gasteiger partial charge on any atom is -0.480 e. The standard InChI is InChI=1S/C15H21ClN4O4/c1-9-7-17-13(18-11(9)16)20-6-5-19(8-10(20)12(21)22)14(23)24-15(2,3)4/h7,10H,5-6,8H2,1-4H3,(H,21,22)/t10-/m1/s1. The first-order valence-corrected chi connectivity index (χ1v) is 7.93. The Morgan fingerprint density at radius 3 is 2.58 bits per heavy atom. The fraction of sp³-hybridized carbons (Fsp3) is 0.600. The van der Waals surface area contributed by atoms with Crippen LogP contribution in [0.4, 0.5) is 10.7 Å². The second kappa shape index (κ2) is 6.80. The summed E-state index contributed by atoms with van der Waals surface area (Å²) in [6.45, 7) is 7.62. The zero-order chi connectivity index (χ0) is 18.1. The van der Waals surface area contributed by atoms with Gasteiger partial charge in [0.1, 0.15) is 16.8 Å². The van der Waals surface area contributed by atoms with Gasteiger partial charge in [0, 0.05) is 24.8 Å². The largest absolute Gasteiger partial charge is 0.480 e. The molecule has 2 rings (SSSR count). The van der Waals surface area contributed by atoms with Crippen molar-refractivity contribution in [3.05, 3.63) is 16.9 Å². The molecule has 1 fully saturated rings. The maximum Gasteiger partial charge on any atom is 0.410 e. The number of piperazine rings is 1. The van der Waals surface area contributed by atoms with E-state index in [4.69, 9.17) is 16.3 Å². The van der Waals surface area contributed by atoms with Crippen LogP contribution < -0.4 is 4.90 Å². The van der Waals surface area contributed by atoms with E-state index in [0.717, 1.165) is 0 Å². The molecule has 1 aromatic heterocycles. The number of anilines is 1. The number of hydrogen-bond donors (Lipinski definition) is 1. The van der Waals surface area contributed by atoms with E-state index in [1.54, 1.807) is 33.9 Å². The van der Waals surface area contributed by atoms with Crippen LogP contribution in [-0.4, -0.2) is 63.3 Å². The monoisotopic (exact) mass is 356 g/mol. The number of carbonyl (C=O) groups excluding carboxylic acids is 1. The molecule has 0 aromatic carbocycles. The summed E-state index contributed by atoms with van der Waals surface area (Å²) in [5, 5.41) is 9.79. The maximum atomic E-state index is 12.2. The van der Waals surface area contributed by atoms with Gasteiger partial charge in [-0.2, -0.15) is 0 Å². The van der Waals surface area contributed by atoms with E-state index >= 15 is 0 Å². The van der Waals surface area contributed by atoms with Crippen molar-refractivity contribution >= 4 is 29.6 Å². The zero-order valence-corrected chi connectivity index (χ0v) is 14.9. The molecule has 2 heterocycles. The summed E-state index contributed by atoms with van der Waals surface area (Å²) in [6, 6.07) is -0.968. The molecule has 1 atom stereocenters. The first-order chi connectivity index (χ1) is 11.1. The molecule has 0 radical (unpaired) electrons. The van der Waals surface area contributed by atoms with Gasteiger partial charge in [-0.1, -0.05) is 11.6 Å². The number of rotatable bonds is 2. The number of carboxylic acid groups (broad SMARTS) is 1. The van der Waals surface area contributed by atoms with Crippen molar-refractivity contribution in [3.8, 4) is 0 Å². The summed E-state index contributed by atoms with van der Waals surface area (Å²) in [5.41, 5.74) is 0.0697. The molecule has 1 aliphatic heterocycles. The molecule has 0 bridgehead atoms. The lowest BCUT2D eigenvalue weighted by Gasteiger charge is -2.39. The van der Waals surface area contributed by atoms with Crippen LogP contribution in [0.2, 0.25) is 5.15 Å². The predicted molar refractivity (Wildman–Crippen MR) is 88.4 cm³/mol. The number of amides is 1. The molecule has 1 aromatic rings. The number of carboxylic acids is 1. The first kappa shape index (κ1) is 18.3. The average Bonchev–Trinajstić information content (AvgIpc) is 2.47. The van der Waals surface area contributed by atoms with E-state index in [1.165, 1.54) is 9.80 Å². The molecule has 1 aliphatic rings. The van der Waals surface area contributed by atoms with Crippen LogP contribution in [0.1, 0.15) is 26.3 Å². The van der Waals surface area contributed by atoms with Gasteiger partial charge in [0.2, 0.25) is 5.95 Å². The van der Waals surface area contributed by atoms with E-state index < -0.39 is 23.7 Å². The Kier molecular flexibility index (Phi) is 5.17. The van der Waals surface area contributed by atoms with Crippen LogP contribution in [0.15, 0.2) is 6.20 Å². The van der Waals surface area contributed by atoms with Crippen LogP contribution in [0, 0.1) is 6.92 Å². The molecular weight excluding hydrogens is 336 g/mol. The van der Waals surface area contributed by atoms with Crippen molar-refractivity contribution in [2.75, 3.05) is 24.5 Å². The molecular formula is C15H21ClN4O4. The number of aryl methyl sites for hydroxylation is 1. The van der Waals surface area contributed by atoms with Gasteiger partial charge in [-0.15, -0.1) is 0 Å². The molecule has 0 saturated carbocycles. The van der Waals surface area contributed by atoms with Crippen molar-refractivity contribution in [2.45, 2.75) is 39.3 Å². The Hall–Kier alpha value is -2.09. The minimum atomic E-state index is -1.07. The highest BCUT2D eigenvalue weighted by Gasteiger charge is 2.37. The van der Waals surface area contributed by atoms with Crippen LogP contribution in [0.5, 0.6) is 0 Å². The van der Waals surface area contributed by atoms with Crippen molar-refractivity contribution in [1.29, 1.82) is 0 Å². The molecule has 9 heteroatoms. The highest BCUT2D eigenvalue weighted by Crippen LogP contribution is 2.21. The second-order valence-corrected chi connectivity index (χ2v) is 6.98. The van der Waals surface area contributed by atoms with E-state index in [-0.39, 0.29) is 24.2 Å². The molecule has 132 valence electrons. The third kappa shape index (κ3) is 4.25. The Labute approximate surface area is 145 Å². The minimum absolute atomic E-state index is 0.0148. The van der Waals surface area contributed by atoms with Crippen LogP contribution in [0.25, 0.3) is 0 Å². The number of halogens is 1. The fourth-order valence-corrected chi connectivity index (χ4v) is 2.40.